The molecule has 6 nitrogen and oxygen atoms in total. The van der Waals surface area contributed by atoms with Crippen molar-refractivity contribution in [3.63, 3.8) is 0 Å². The number of anilines is 2. The van der Waals surface area contributed by atoms with E-state index in [1.165, 1.54) is 17.3 Å². The van der Waals surface area contributed by atoms with E-state index in [9.17, 15) is 14.4 Å². The van der Waals surface area contributed by atoms with Crippen LogP contribution in [0.1, 0.15) is 49.0 Å². The van der Waals surface area contributed by atoms with Crippen molar-refractivity contribution >= 4 is 40.9 Å². The van der Waals surface area contributed by atoms with Crippen LogP contribution in [0.25, 0.3) is 0 Å². The van der Waals surface area contributed by atoms with Crippen LogP contribution < -0.4 is 10.2 Å². The highest BCUT2D eigenvalue weighted by atomic mass is 32.2. The number of hydrogen-bond acceptors (Lipinski definition) is 6. The third kappa shape index (κ3) is 5.36. The molecule has 0 aromatic heterocycles. The molecule has 3 aromatic carbocycles. The second kappa shape index (κ2) is 11.3. The summed E-state index contributed by atoms with van der Waals surface area (Å²) in [6, 6.07) is 23.7. The Balaban J connectivity index is 1.73. The molecule has 0 saturated heterocycles. The summed E-state index contributed by atoms with van der Waals surface area (Å²) in [7, 11) is 0. The van der Waals surface area contributed by atoms with E-state index in [0.717, 1.165) is 9.80 Å². The van der Waals surface area contributed by atoms with Gasteiger partial charge in [0.1, 0.15) is 10.6 Å². The SMILES string of the molecule is CCCOC(=O)c1ccccc1N1C(=O)C(Nc2ccc(C(C)C)cc2)=C(Sc2ccccc2)C1=O. The molecule has 0 atom stereocenters. The molecule has 3 aromatic rings. The maximum absolute atomic E-state index is 13.7. The number of para-hydroxylation sites is 1. The second-order valence-corrected chi connectivity index (χ2v) is 9.70. The maximum Gasteiger partial charge on any atom is 0.340 e. The molecule has 0 aliphatic carbocycles. The smallest absolute Gasteiger partial charge is 0.340 e. The highest BCUT2D eigenvalue weighted by Crippen LogP contribution is 2.39. The monoisotopic (exact) mass is 500 g/mol. The summed E-state index contributed by atoms with van der Waals surface area (Å²) in [5, 5.41) is 3.17. The van der Waals surface area contributed by atoms with Crippen molar-refractivity contribution in [2.24, 2.45) is 0 Å². The number of benzene rings is 3. The molecule has 0 radical (unpaired) electrons. The molecule has 0 unspecified atom stereocenters. The first-order valence-corrected chi connectivity index (χ1v) is 12.7. The summed E-state index contributed by atoms with van der Waals surface area (Å²) < 4.78 is 5.30. The minimum absolute atomic E-state index is 0.166. The predicted octanol–water partition coefficient (Wildman–Crippen LogP) is 6.37. The van der Waals surface area contributed by atoms with Crippen LogP contribution in [0.15, 0.2) is 94.4 Å². The molecule has 4 rings (SSSR count). The van der Waals surface area contributed by atoms with E-state index in [1.807, 2.05) is 61.5 Å². The van der Waals surface area contributed by atoms with Crippen molar-refractivity contribution in [1.82, 2.24) is 0 Å². The lowest BCUT2D eigenvalue weighted by Gasteiger charge is -2.18. The molecule has 0 bridgehead atoms. The van der Waals surface area contributed by atoms with Gasteiger partial charge in [0.05, 0.1) is 17.9 Å². The summed E-state index contributed by atoms with van der Waals surface area (Å²) in [6.45, 7) is 6.37. The number of ether oxygens (including phenoxy) is 1. The molecule has 0 saturated carbocycles. The first kappa shape index (κ1) is 25.3. The van der Waals surface area contributed by atoms with Gasteiger partial charge in [-0.05, 0) is 54.3 Å². The number of amides is 2. The van der Waals surface area contributed by atoms with Crippen LogP contribution in [0.5, 0.6) is 0 Å². The number of carbonyl (C=O) groups excluding carboxylic acids is 3. The molecule has 0 fully saturated rings. The number of carbonyl (C=O) groups is 3. The lowest BCUT2D eigenvalue weighted by Crippen LogP contribution is -2.33. The van der Waals surface area contributed by atoms with Crippen LogP contribution in [-0.2, 0) is 14.3 Å². The van der Waals surface area contributed by atoms with E-state index in [0.29, 0.717) is 18.0 Å². The number of nitrogens with one attached hydrogen (secondary N) is 1. The highest BCUT2D eigenvalue weighted by molar-refractivity contribution is 8.04. The van der Waals surface area contributed by atoms with Crippen LogP contribution in [0.4, 0.5) is 11.4 Å². The normalized spacial score (nSPS) is 13.5. The molecule has 7 heteroatoms. The third-order valence-electron chi connectivity index (χ3n) is 5.65. The molecule has 1 aliphatic heterocycles. The van der Waals surface area contributed by atoms with Crippen LogP contribution in [0.3, 0.4) is 0 Å². The van der Waals surface area contributed by atoms with Crippen molar-refractivity contribution in [2.75, 3.05) is 16.8 Å². The molecule has 36 heavy (non-hydrogen) atoms. The Kier molecular flexibility index (Phi) is 7.90. The molecule has 1 heterocycles. The van der Waals surface area contributed by atoms with Gasteiger partial charge >= 0.3 is 5.97 Å². The van der Waals surface area contributed by atoms with Gasteiger partial charge in [0.25, 0.3) is 11.8 Å². The number of rotatable bonds is 9. The van der Waals surface area contributed by atoms with E-state index in [4.69, 9.17) is 4.74 Å². The standard InChI is InChI=1S/C29H28N2O4S/c1-4-18-35-29(34)23-12-8-9-13-24(23)31-27(32)25(30-21-16-14-20(15-17-21)19(2)3)26(28(31)33)36-22-10-6-5-7-11-22/h5-17,19,30H,4,18H2,1-3H3. The molecule has 0 spiro atoms. The van der Waals surface area contributed by atoms with Gasteiger partial charge in [-0.1, -0.05) is 75.0 Å². The topological polar surface area (TPSA) is 75.7 Å². The average Bonchev–Trinajstić information content (AvgIpc) is 3.12. The summed E-state index contributed by atoms with van der Waals surface area (Å²) in [4.78, 5) is 42.2. The molecular formula is C29H28N2O4S. The fraction of sp³-hybridized carbons (Fsp3) is 0.207. The Labute approximate surface area is 215 Å². The van der Waals surface area contributed by atoms with Crippen LogP contribution in [0.2, 0.25) is 0 Å². The number of hydrogen-bond donors (Lipinski definition) is 1. The molecule has 1 aliphatic rings. The summed E-state index contributed by atoms with van der Waals surface area (Å²) in [5.74, 6) is -1.22. The summed E-state index contributed by atoms with van der Waals surface area (Å²) >= 11 is 1.21. The van der Waals surface area contributed by atoms with Gasteiger partial charge in [-0.15, -0.1) is 0 Å². The number of imide groups is 1. The second-order valence-electron chi connectivity index (χ2n) is 8.62. The van der Waals surface area contributed by atoms with Gasteiger partial charge in [-0.3, -0.25) is 9.59 Å². The number of thioether (sulfide) groups is 1. The van der Waals surface area contributed by atoms with Crippen molar-refractivity contribution in [1.29, 1.82) is 0 Å². The van der Waals surface area contributed by atoms with Gasteiger partial charge in [0.2, 0.25) is 0 Å². The van der Waals surface area contributed by atoms with Gasteiger partial charge in [-0.2, -0.15) is 0 Å². The average molecular weight is 501 g/mol. The lowest BCUT2D eigenvalue weighted by molar-refractivity contribution is -0.120. The Morgan fingerprint density at radius 3 is 2.25 bits per heavy atom. The zero-order chi connectivity index (χ0) is 25.7. The summed E-state index contributed by atoms with van der Waals surface area (Å²) in [5.41, 5.74) is 2.40. The number of esters is 1. The Morgan fingerprint density at radius 1 is 0.917 bits per heavy atom. The lowest BCUT2D eigenvalue weighted by atomic mass is 10.0. The predicted molar refractivity (Wildman–Crippen MR) is 143 cm³/mol. The van der Waals surface area contributed by atoms with Crippen molar-refractivity contribution in [2.45, 2.75) is 38.0 Å². The van der Waals surface area contributed by atoms with E-state index < -0.39 is 17.8 Å². The zero-order valence-corrected chi connectivity index (χ0v) is 21.3. The first-order chi connectivity index (χ1) is 17.4. The van der Waals surface area contributed by atoms with E-state index in [1.54, 1.807) is 24.3 Å². The van der Waals surface area contributed by atoms with Gasteiger partial charge in [0, 0.05) is 10.6 Å². The number of nitrogens with zero attached hydrogens (tertiary/aromatic N) is 1. The van der Waals surface area contributed by atoms with Gasteiger partial charge in [0.15, 0.2) is 0 Å². The Hall–Kier alpha value is -3.84. The van der Waals surface area contributed by atoms with Crippen LogP contribution >= 0.6 is 11.8 Å². The quantitative estimate of drug-likeness (QED) is 0.272. The van der Waals surface area contributed by atoms with Crippen LogP contribution in [-0.4, -0.2) is 24.4 Å². The highest BCUT2D eigenvalue weighted by Gasteiger charge is 2.41. The van der Waals surface area contributed by atoms with E-state index in [-0.39, 0.29) is 28.5 Å². The van der Waals surface area contributed by atoms with E-state index in [2.05, 4.69) is 19.2 Å². The van der Waals surface area contributed by atoms with Crippen molar-refractivity contribution < 1.29 is 19.1 Å². The first-order valence-electron chi connectivity index (χ1n) is 11.9. The van der Waals surface area contributed by atoms with Gasteiger partial charge < -0.3 is 10.1 Å². The largest absolute Gasteiger partial charge is 0.462 e. The zero-order valence-electron chi connectivity index (χ0n) is 20.5. The molecular weight excluding hydrogens is 472 g/mol. The molecule has 2 amide bonds. The fourth-order valence-corrected chi connectivity index (χ4v) is 4.70. The van der Waals surface area contributed by atoms with E-state index >= 15 is 0 Å². The summed E-state index contributed by atoms with van der Waals surface area (Å²) in [6.07, 6.45) is 0.665. The third-order valence-corrected chi connectivity index (χ3v) is 6.74. The minimum atomic E-state index is -0.573. The fourth-order valence-electron chi connectivity index (χ4n) is 3.75. The van der Waals surface area contributed by atoms with Crippen LogP contribution in [0, 0.1) is 0 Å². The van der Waals surface area contributed by atoms with Crippen molar-refractivity contribution in [3.8, 4) is 0 Å². The Morgan fingerprint density at radius 2 is 1.58 bits per heavy atom. The van der Waals surface area contributed by atoms with Gasteiger partial charge in [-0.25, -0.2) is 9.69 Å². The maximum atomic E-state index is 13.7. The van der Waals surface area contributed by atoms with Crippen molar-refractivity contribution in [3.05, 3.63) is 101 Å². The Bertz CT molecular complexity index is 1300. The molecule has 1 N–H and O–H groups in total. The molecule has 184 valence electrons. The minimum Gasteiger partial charge on any atom is -0.462 e.